The highest BCUT2D eigenvalue weighted by Gasteiger charge is 2.18. The first-order valence-electron chi connectivity index (χ1n) is 7.27. The molecule has 1 atom stereocenters. The lowest BCUT2D eigenvalue weighted by atomic mass is 10.0. The maximum atomic E-state index is 4.34. The first kappa shape index (κ1) is 13.6. The molecule has 106 valence electrons. The Hall–Kier alpha value is -1.39. The molecule has 1 fully saturated rings. The summed E-state index contributed by atoms with van der Waals surface area (Å²) in [6, 6.07) is 9.26. The van der Waals surface area contributed by atoms with E-state index in [0.717, 1.165) is 11.6 Å². The summed E-state index contributed by atoms with van der Waals surface area (Å²) in [5, 5.41) is 6.66. The highest BCUT2D eigenvalue weighted by Crippen LogP contribution is 2.23. The van der Waals surface area contributed by atoms with Gasteiger partial charge in [-0.2, -0.15) is 0 Å². The summed E-state index contributed by atoms with van der Waals surface area (Å²) in [7, 11) is 2.23. The second kappa shape index (κ2) is 6.37. The van der Waals surface area contributed by atoms with E-state index in [1.54, 1.807) is 11.3 Å². The van der Waals surface area contributed by atoms with Gasteiger partial charge in [-0.25, -0.2) is 4.98 Å². The Bertz CT molecular complexity index is 521. The molecule has 1 unspecified atom stereocenters. The summed E-state index contributed by atoms with van der Waals surface area (Å²) >= 11 is 1.68. The van der Waals surface area contributed by atoms with Crippen LogP contribution in [0.2, 0.25) is 0 Å². The van der Waals surface area contributed by atoms with Crippen molar-refractivity contribution >= 4 is 17.0 Å². The molecule has 0 spiro atoms. The summed E-state index contributed by atoms with van der Waals surface area (Å²) in [6.07, 6.45) is 5.86. The Morgan fingerprint density at radius 2 is 2.15 bits per heavy atom. The van der Waals surface area contributed by atoms with Crippen LogP contribution in [0.5, 0.6) is 0 Å². The Morgan fingerprint density at radius 3 is 2.85 bits per heavy atom. The molecule has 0 amide bonds. The fourth-order valence-corrected chi connectivity index (χ4v) is 3.38. The molecule has 20 heavy (non-hydrogen) atoms. The molecule has 1 aliphatic heterocycles. The number of hydrogen-bond donors (Lipinski definition) is 1. The average molecular weight is 287 g/mol. The number of piperidine rings is 1. The number of nitrogens with zero attached hydrogens (tertiary/aromatic N) is 2. The Balaban J connectivity index is 1.58. The van der Waals surface area contributed by atoms with Crippen LogP contribution in [0.25, 0.3) is 10.6 Å². The molecular weight excluding hydrogens is 266 g/mol. The van der Waals surface area contributed by atoms with Crippen LogP contribution < -0.4 is 5.32 Å². The molecule has 0 bridgehead atoms. The van der Waals surface area contributed by atoms with Crippen LogP contribution in [0, 0.1) is 0 Å². The molecule has 2 heterocycles. The third-order valence-corrected chi connectivity index (χ3v) is 4.85. The van der Waals surface area contributed by atoms with Crippen LogP contribution in [0.3, 0.4) is 0 Å². The maximum absolute atomic E-state index is 4.34. The van der Waals surface area contributed by atoms with E-state index in [2.05, 4.69) is 46.5 Å². The van der Waals surface area contributed by atoms with E-state index in [1.165, 1.54) is 37.1 Å². The van der Waals surface area contributed by atoms with Gasteiger partial charge in [0.2, 0.25) is 0 Å². The molecule has 1 aromatic carbocycles. The lowest BCUT2D eigenvalue weighted by Crippen LogP contribution is -2.40. The minimum Gasteiger partial charge on any atom is -0.383 e. The van der Waals surface area contributed by atoms with Gasteiger partial charge in [0, 0.05) is 35.4 Å². The fraction of sp³-hybridized carbons (Fsp3) is 0.438. The molecule has 1 saturated heterocycles. The van der Waals surface area contributed by atoms with E-state index in [-0.39, 0.29) is 0 Å². The number of likely N-dealkylation sites (N-methyl/N-ethyl adjacent to an activating group) is 1. The first-order valence-corrected chi connectivity index (χ1v) is 8.15. The van der Waals surface area contributed by atoms with Gasteiger partial charge in [0.25, 0.3) is 0 Å². The Labute approximate surface area is 124 Å². The normalized spacial score (nSPS) is 19.9. The van der Waals surface area contributed by atoms with Gasteiger partial charge in [0.05, 0.1) is 0 Å². The summed E-state index contributed by atoms with van der Waals surface area (Å²) < 4.78 is 0. The van der Waals surface area contributed by atoms with Crippen molar-refractivity contribution in [2.45, 2.75) is 25.3 Å². The van der Waals surface area contributed by atoms with Crippen molar-refractivity contribution in [3.63, 3.8) is 0 Å². The van der Waals surface area contributed by atoms with E-state index in [0.29, 0.717) is 6.04 Å². The first-order chi connectivity index (χ1) is 9.83. The summed E-state index contributed by atoms with van der Waals surface area (Å²) in [5.74, 6) is 0. The average Bonchev–Trinajstić information content (AvgIpc) is 3.01. The lowest BCUT2D eigenvalue weighted by Gasteiger charge is -2.32. The molecule has 4 heteroatoms. The minimum absolute atomic E-state index is 0.669. The van der Waals surface area contributed by atoms with Gasteiger partial charge in [-0.1, -0.05) is 6.42 Å². The monoisotopic (exact) mass is 287 g/mol. The van der Waals surface area contributed by atoms with Crippen LogP contribution in [-0.4, -0.2) is 36.1 Å². The largest absolute Gasteiger partial charge is 0.383 e. The van der Waals surface area contributed by atoms with Crippen molar-refractivity contribution in [3.05, 3.63) is 35.8 Å². The van der Waals surface area contributed by atoms with Gasteiger partial charge < -0.3 is 10.2 Å². The quantitative estimate of drug-likeness (QED) is 0.929. The number of nitrogens with one attached hydrogen (secondary N) is 1. The van der Waals surface area contributed by atoms with Crippen LogP contribution in [0.4, 0.5) is 5.69 Å². The van der Waals surface area contributed by atoms with E-state index in [1.807, 2.05) is 11.6 Å². The van der Waals surface area contributed by atoms with Gasteiger partial charge in [-0.3, -0.25) is 0 Å². The van der Waals surface area contributed by atoms with Crippen molar-refractivity contribution in [1.82, 2.24) is 9.88 Å². The molecule has 1 N–H and O–H groups in total. The molecular formula is C16H21N3S. The minimum atomic E-state index is 0.669. The van der Waals surface area contributed by atoms with Crippen molar-refractivity contribution in [1.29, 1.82) is 0 Å². The van der Waals surface area contributed by atoms with Crippen molar-refractivity contribution < 1.29 is 0 Å². The molecule has 0 saturated carbocycles. The topological polar surface area (TPSA) is 28.2 Å². The molecule has 1 aliphatic rings. The number of hydrogen-bond acceptors (Lipinski definition) is 4. The van der Waals surface area contributed by atoms with Crippen molar-refractivity contribution in [2.24, 2.45) is 0 Å². The maximum Gasteiger partial charge on any atom is 0.123 e. The number of thiazole rings is 1. The van der Waals surface area contributed by atoms with Gasteiger partial charge in [-0.05, 0) is 50.7 Å². The van der Waals surface area contributed by atoms with Crippen LogP contribution in [0.1, 0.15) is 19.3 Å². The smallest absolute Gasteiger partial charge is 0.123 e. The second-order valence-corrected chi connectivity index (χ2v) is 6.32. The van der Waals surface area contributed by atoms with Crippen LogP contribution >= 0.6 is 11.3 Å². The number of aromatic nitrogens is 1. The summed E-state index contributed by atoms with van der Waals surface area (Å²) in [4.78, 5) is 6.81. The summed E-state index contributed by atoms with van der Waals surface area (Å²) in [5.41, 5.74) is 2.39. The predicted molar refractivity (Wildman–Crippen MR) is 86.3 cm³/mol. The third kappa shape index (κ3) is 3.19. The van der Waals surface area contributed by atoms with E-state index in [9.17, 15) is 0 Å². The van der Waals surface area contributed by atoms with Gasteiger partial charge >= 0.3 is 0 Å². The zero-order valence-corrected chi connectivity index (χ0v) is 12.7. The third-order valence-electron chi connectivity index (χ3n) is 4.03. The second-order valence-electron chi connectivity index (χ2n) is 5.43. The van der Waals surface area contributed by atoms with E-state index < -0.39 is 0 Å². The highest BCUT2D eigenvalue weighted by atomic mass is 32.1. The molecule has 0 radical (unpaired) electrons. The zero-order valence-electron chi connectivity index (χ0n) is 11.9. The van der Waals surface area contributed by atoms with E-state index >= 15 is 0 Å². The van der Waals surface area contributed by atoms with Gasteiger partial charge in [0.15, 0.2) is 0 Å². The van der Waals surface area contributed by atoms with Gasteiger partial charge in [-0.15, -0.1) is 11.3 Å². The molecule has 3 nitrogen and oxygen atoms in total. The van der Waals surface area contributed by atoms with Crippen LogP contribution in [0.15, 0.2) is 35.8 Å². The summed E-state index contributed by atoms with van der Waals surface area (Å²) in [6.45, 7) is 2.27. The molecule has 3 rings (SSSR count). The number of anilines is 1. The predicted octanol–water partition coefficient (Wildman–Crippen LogP) is 3.71. The highest BCUT2D eigenvalue weighted by molar-refractivity contribution is 7.13. The SMILES string of the molecule is CN1CCCCC1CNc1ccc(-c2nccs2)cc1. The Kier molecular flexibility index (Phi) is 4.33. The van der Waals surface area contributed by atoms with E-state index in [4.69, 9.17) is 0 Å². The van der Waals surface area contributed by atoms with Crippen molar-refractivity contribution in [3.8, 4) is 10.6 Å². The molecule has 1 aromatic heterocycles. The number of likely N-dealkylation sites (tertiary alicyclic amines) is 1. The number of rotatable bonds is 4. The van der Waals surface area contributed by atoms with Gasteiger partial charge in [0.1, 0.15) is 5.01 Å². The Morgan fingerprint density at radius 1 is 1.30 bits per heavy atom. The lowest BCUT2D eigenvalue weighted by molar-refractivity contribution is 0.194. The zero-order chi connectivity index (χ0) is 13.8. The molecule has 2 aromatic rings. The molecule has 0 aliphatic carbocycles. The van der Waals surface area contributed by atoms with Crippen molar-refractivity contribution in [2.75, 3.05) is 25.5 Å². The fourth-order valence-electron chi connectivity index (χ4n) is 2.73. The standard InChI is InChI=1S/C16H21N3S/c1-19-10-3-2-4-15(19)12-18-14-7-5-13(6-8-14)16-17-9-11-20-16/h5-9,11,15,18H,2-4,10,12H2,1H3. The van der Waals surface area contributed by atoms with Crippen LogP contribution in [-0.2, 0) is 0 Å². The number of benzene rings is 1.